The second-order valence-electron chi connectivity index (χ2n) is 13.9. The second kappa shape index (κ2) is 14.7. The largest absolute Gasteiger partial charge is 0.258 e. The minimum absolute atomic E-state index is 0.614. The zero-order valence-corrected chi connectivity index (χ0v) is 31.0. The Bertz CT molecular complexity index is 2910. The van der Waals surface area contributed by atoms with Crippen molar-refractivity contribution in [2.75, 3.05) is 0 Å². The summed E-state index contributed by atoms with van der Waals surface area (Å²) in [5.41, 5.74) is 14.3. The quantitative estimate of drug-likeness (QED) is 0.164. The van der Waals surface area contributed by atoms with Crippen LogP contribution in [0.2, 0.25) is 0 Å². The summed E-state index contributed by atoms with van der Waals surface area (Å²) in [6.45, 7) is 4.06. The fourth-order valence-corrected chi connectivity index (χ4v) is 7.35. The van der Waals surface area contributed by atoms with Crippen LogP contribution in [0.25, 0.3) is 89.4 Å². The van der Waals surface area contributed by atoms with Crippen LogP contribution < -0.4 is 0 Å². The Morgan fingerprint density at radius 3 is 1.38 bits per heavy atom. The monoisotopic (exact) mass is 717 g/mol. The third-order valence-electron chi connectivity index (χ3n) is 10.2. The molecule has 2 heterocycles. The van der Waals surface area contributed by atoms with Gasteiger partial charge in [-0.05, 0) is 87.8 Å². The smallest absolute Gasteiger partial charge is 0.164 e. The van der Waals surface area contributed by atoms with Gasteiger partial charge in [-0.2, -0.15) is 5.26 Å². The number of benzene rings is 7. The number of fused-ring (bicyclic) bond motifs is 1. The molecular formula is C51H35N5. The summed E-state index contributed by atoms with van der Waals surface area (Å²) in [4.78, 5) is 19.7. The molecule has 0 spiro atoms. The first-order valence-electron chi connectivity index (χ1n) is 18.6. The van der Waals surface area contributed by atoms with E-state index in [1.165, 1.54) is 16.3 Å². The van der Waals surface area contributed by atoms with Crippen LogP contribution in [0.1, 0.15) is 17.0 Å². The number of aryl methyl sites for hydroxylation is 2. The van der Waals surface area contributed by atoms with E-state index in [1.54, 1.807) is 0 Å². The lowest BCUT2D eigenvalue weighted by Gasteiger charge is -2.13. The highest BCUT2D eigenvalue weighted by atomic mass is 15.0. The molecule has 0 atom stereocenters. The van der Waals surface area contributed by atoms with Crippen molar-refractivity contribution in [2.45, 2.75) is 13.8 Å². The maximum Gasteiger partial charge on any atom is 0.164 e. The molecule has 0 N–H and O–H groups in total. The van der Waals surface area contributed by atoms with E-state index in [2.05, 4.69) is 115 Å². The molecule has 7 aromatic carbocycles. The lowest BCUT2D eigenvalue weighted by atomic mass is 9.91. The molecule has 264 valence electrons. The molecule has 0 aliphatic heterocycles. The third kappa shape index (κ3) is 6.72. The zero-order valence-electron chi connectivity index (χ0n) is 31.0. The Morgan fingerprint density at radius 2 is 0.804 bits per heavy atom. The summed E-state index contributed by atoms with van der Waals surface area (Å²) < 4.78 is 0. The molecule has 0 aliphatic rings. The van der Waals surface area contributed by atoms with Crippen LogP contribution in [0.5, 0.6) is 0 Å². The van der Waals surface area contributed by atoms with E-state index in [4.69, 9.17) is 19.9 Å². The zero-order chi connectivity index (χ0) is 38.0. The van der Waals surface area contributed by atoms with E-state index < -0.39 is 0 Å². The number of rotatable bonds is 7. The maximum atomic E-state index is 9.18. The first kappa shape index (κ1) is 34.2. The number of nitriles is 1. The summed E-state index contributed by atoms with van der Waals surface area (Å²) in [7, 11) is 0. The summed E-state index contributed by atoms with van der Waals surface area (Å²) in [6, 6.07) is 62.6. The molecule has 0 saturated heterocycles. The van der Waals surface area contributed by atoms with Gasteiger partial charge < -0.3 is 0 Å². The predicted molar refractivity (Wildman–Crippen MR) is 227 cm³/mol. The lowest BCUT2D eigenvalue weighted by molar-refractivity contribution is 1.07. The molecule has 5 nitrogen and oxygen atoms in total. The molecule has 2 aromatic heterocycles. The Morgan fingerprint density at radius 1 is 0.357 bits per heavy atom. The van der Waals surface area contributed by atoms with Crippen LogP contribution in [0.15, 0.2) is 176 Å². The molecule has 0 saturated carbocycles. The van der Waals surface area contributed by atoms with Crippen molar-refractivity contribution in [3.8, 4) is 84.7 Å². The average Bonchev–Trinajstić information content (AvgIpc) is 3.26. The molecule has 0 aliphatic carbocycles. The van der Waals surface area contributed by atoms with Crippen LogP contribution in [0, 0.1) is 25.2 Å². The van der Waals surface area contributed by atoms with E-state index in [1.807, 2.05) is 80.6 Å². The Hall–Kier alpha value is -7.55. The van der Waals surface area contributed by atoms with E-state index >= 15 is 0 Å². The van der Waals surface area contributed by atoms with E-state index in [9.17, 15) is 5.26 Å². The average molecular weight is 718 g/mol. The standard InChI is InChI=1S/C51H35N5/c1-33-15-28-44(34(2)53-33)42-11-8-12-43(31-42)51-55-49(40-9-4-3-5-10-40)54-50(56-51)41-26-24-39(25-27-41)46-30-29-45(47-13-6-7-14-48(46)47)38-22-20-37(21-23-38)36-18-16-35(32-52)17-19-36/h3-31H,1-2H3. The summed E-state index contributed by atoms with van der Waals surface area (Å²) in [6.07, 6.45) is 0. The first-order chi connectivity index (χ1) is 27.5. The van der Waals surface area contributed by atoms with E-state index in [0.29, 0.717) is 23.0 Å². The number of aromatic nitrogens is 4. The van der Waals surface area contributed by atoms with Gasteiger partial charge in [0.25, 0.3) is 0 Å². The third-order valence-corrected chi connectivity index (χ3v) is 10.2. The van der Waals surface area contributed by atoms with Gasteiger partial charge in [0.2, 0.25) is 0 Å². The molecule has 5 heteroatoms. The van der Waals surface area contributed by atoms with Crippen molar-refractivity contribution in [2.24, 2.45) is 0 Å². The Labute approximate surface area is 326 Å². The van der Waals surface area contributed by atoms with Crippen molar-refractivity contribution >= 4 is 10.8 Å². The lowest BCUT2D eigenvalue weighted by Crippen LogP contribution is -2.00. The number of nitrogens with zero attached hydrogens (tertiary/aromatic N) is 5. The summed E-state index contributed by atoms with van der Waals surface area (Å²) >= 11 is 0. The highest BCUT2D eigenvalue weighted by Crippen LogP contribution is 2.37. The summed E-state index contributed by atoms with van der Waals surface area (Å²) in [5, 5.41) is 11.5. The highest BCUT2D eigenvalue weighted by molar-refractivity contribution is 6.05. The van der Waals surface area contributed by atoms with Gasteiger partial charge in [0.05, 0.1) is 11.6 Å². The molecule has 56 heavy (non-hydrogen) atoms. The molecular weight excluding hydrogens is 683 g/mol. The molecule has 0 unspecified atom stereocenters. The van der Waals surface area contributed by atoms with Crippen LogP contribution in [0.3, 0.4) is 0 Å². The molecule has 0 bridgehead atoms. The molecule has 9 aromatic rings. The second-order valence-corrected chi connectivity index (χ2v) is 13.9. The van der Waals surface area contributed by atoms with Gasteiger partial charge >= 0.3 is 0 Å². The van der Waals surface area contributed by atoms with Crippen molar-refractivity contribution in [1.29, 1.82) is 5.26 Å². The SMILES string of the molecule is Cc1ccc(-c2cccc(-c3nc(-c4ccccc4)nc(-c4ccc(-c5ccc(-c6ccc(-c7ccc(C#N)cc7)cc6)c6ccccc56)cc4)n3)c2)c(C)n1. The van der Waals surface area contributed by atoms with Gasteiger partial charge in [-0.15, -0.1) is 0 Å². The van der Waals surface area contributed by atoms with Crippen LogP contribution in [0.4, 0.5) is 0 Å². The Kier molecular flexibility index (Phi) is 8.99. The molecule has 0 radical (unpaired) electrons. The molecule has 9 rings (SSSR count). The summed E-state index contributed by atoms with van der Waals surface area (Å²) in [5.74, 6) is 1.85. The Balaban J connectivity index is 1.06. The maximum absolute atomic E-state index is 9.18. The van der Waals surface area contributed by atoms with Gasteiger partial charge in [0, 0.05) is 33.6 Å². The van der Waals surface area contributed by atoms with Gasteiger partial charge in [-0.3, -0.25) is 4.98 Å². The number of hydrogen-bond acceptors (Lipinski definition) is 5. The van der Waals surface area contributed by atoms with Gasteiger partial charge in [-0.25, -0.2) is 15.0 Å². The van der Waals surface area contributed by atoms with E-state index in [-0.39, 0.29) is 0 Å². The normalized spacial score (nSPS) is 11.0. The minimum Gasteiger partial charge on any atom is -0.258 e. The topological polar surface area (TPSA) is 75.3 Å². The van der Waals surface area contributed by atoms with Crippen molar-refractivity contribution in [3.05, 3.63) is 193 Å². The van der Waals surface area contributed by atoms with Crippen LogP contribution >= 0.6 is 0 Å². The molecule has 0 fully saturated rings. The fraction of sp³-hybridized carbons (Fsp3) is 0.0392. The van der Waals surface area contributed by atoms with Gasteiger partial charge in [-0.1, -0.05) is 152 Å². The highest BCUT2D eigenvalue weighted by Gasteiger charge is 2.15. The molecule has 0 amide bonds. The number of hydrogen-bond donors (Lipinski definition) is 0. The first-order valence-corrected chi connectivity index (χ1v) is 18.6. The van der Waals surface area contributed by atoms with Gasteiger partial charge in [0.1, 0.15) is 0 Å². The van der Waals surface area contributed by atoms with Gasteiger partial charge in [0.15, 0.2) is 17.5 Å². The van der Waals surface area contributed by atoms with E-state index in [0.717, 1.165) is 67.0 Å². The van der Waals surface area contributed by atoms with Crippen molar-refractivity contribution < 1.29 is 0 Å². The predicted octanol–water partition coefficient (Wildman–Crippen LogP) is 12.6. The number of pyridine rings is 1. The van der Waals surface area contributed by atoms with Crippen LogP contribution in [-0.2, 0) is 0 Å². The fourth-order valence-electron chi connectivity index (χ4n) is 7.35. The minimum atomic E-state index is 0.614. The van der Waals surface area contributed by atoms with Crippen LogP contribution in [-0.4, -0.2) is 19.9 Å². The van der Waals surface area contributed by atoms with Crippen molar-refractivity contribution in [3.63, 3.8) is 0 Å². The van der Waals surface area contributed by atoms with Crippen molar-refractivity contribution in [1.82, 2.24) is 19.9 Å².